The molecule has 5 nitrogen and oxygen atoms in total. The van der Waals surface area contributed by atoms with Crippen molar-refractivity contribution in [1.82, 2.24) is 9.97 Å². The molecule has 0 spiro atoms. The summed E-state index contributed by atoms with van der Waals surface area (Å²) in [6.07, 6.45) is 1.33. The summed E-state index contributed by atoms with van der Waals surface area (Å²) in [5.74, 6) is 0.192. The lowest BCUT2D eigenvalue weighted by Gasteiger charge is -2.11. The van der Waals surface area contributed by atoms with Gasteiger partial charge >= 0.3 is 0 Å². The Labute approximate surface area is 176 Å². The molecule has 2 aromatic carbocycles. The number of fused-ring (bicyclic) bond motifs is 1. The topological polar surface area (TPSA) is 72.0 Å². The number of benzene rings is 2. The summed E-state index contributed by atoms with van der Waals surface area (Å²) in [5, 5.41) is 2.92. The van der Waals surface area contributed by atoms with E-state index in [0.717, 1.165) is 16.7 Å². The predicted octanol–water partition coefficient (Wildman–Crippen LogP) is 5.77. The van der Waals surface area contributed by atoms with Crippen molar-refractivity contribution in [3.8, 4) is 11.1 Å². The molecule has 9 heteroatoms. The highest BCUT2D eigenvalue weighted by molar-refractivity contribution is 7.92. The van der Waals surface area contributed by atoms with Crippen LogP contribution in [0.1, 0.15) is 5.56 Å². The number of nitrogens with one attached hydrogen (secondary N) is 1. The first-order chi connectivity index (χ1) is 13.3. The summed E-state index contributed by atoms with van der Waals surface area (Å²) >= 11 is 13.4. The van der Waals surface area contributed by atoms with Crippen molar-refractivity contribution < 1.29 is 8.42 Å². The van der Waals surface area contributed by atoms with Gasteiger partial charge in [0, 0.05) is 16.0 Å². The Balaban J connectivity index is 1.84. The van der Waals surface area contributed by atoms with Crippen molar-refractivity contribution in [3.63, 3.8) is 0 Å². The second-order valence-electron chi connectivity index (χ2n) is 6.10. The first-order valence-corrected chi connectivity index (χ1v) is 11.2. The quantitative estimate of drug-likeness (QED) is 0.428. The highest BCUT2D eigenvalue weighted by Gasteiger charge is 2.22. The molecule has 0 bridgehead atoms. The lowest BCUT2D eigenvalue weighted by molar-refractivity contribution is 0.601. The Morgan fingerprint density at radius 1 is 1.04 bits per heavy atom. The normalized spacial score (nSPS) is 11.7. The maximum absolute atomic E-state index is 12.9. The number of anilines is 1. The molecular weight excluding hydrogens is 437 g/mol. The van der Waals surface area contributed by atoms with Crippen molar-refractivity contribution in [2.24, 2.45) is 0 Å². The van der Waals surface area contributed by atoms with Crippen LogP contribution in [0.2, 0.25) is 10.0 Å². The molecule has 0 fully saturated rings. The Bertz CT molecular complexity index is 1290. The first-order valence-electron chi connectivity index (χ1n) is 8.12. The summed E-state index contributed by atoms with van der Waals surface area (Å²) in [4.78, 5) is 9.01. The molecule has 142 valence electrons. The highest BCUT2D eigenvalue weighted by Crippen LogP contribution is 2.37. The molecule has 0 saturated carbocycles. The minimum Gasteiger partial charge on any atom is -0.263 e. The van der Waals surface area contributed by atoms with Crippen molar-refractivity contribution in [1.29, 1.82) is 0 Å². The summed E-state index contributed by atoms with van der Waals surface area (Å²) in [6, 6.07) is 12.2. The molecule has 0 aliphatic heterocycles. The molecule has 2 aromatic heterocycles. The smallest absolute Gasteiger partial charge is 0.263 e. The third kappa shape index (κ3) is 3.58. The van der Waals surface area contributed by atoms with E-state index in [1.54, 1.807) is 0 Å². The third-order valence-electron chi connectivity index (χ3n) is 4.15. The van der Waals surface area contributed by atoms with Gasteiger partial charge < -0.3 is 0 Å². The van der Waals surface area contributed by atoms with Crippen LogP contribution in [0.15, 0.2) is 59.1 Å². The average Bonchev–Trinajstić information content (AvgIpc) is 3.09. The van der Waals surface area contributed by atoms with Gasteiger partial charge in [0.15, 0.2) is 5.82 Å². The largest absolute Gasteiger partial charge is 0.264 e. The first kappa shape index (κ1) is 19.1. The van der Waals surface area contributed by atoms with E-state index in [4.69, 9.17) is 23.2 Å². The van der Waals surface area contributed by atoms with E-state index in [1.165, 1.54) is 35.9 Å². The molecule has 0 saturated heterocycles. The second-order valence-corrected chi connectivity index (χ2v) is 9.45. The molecule has 0 atom stereocenters. The van der Waals surface area contributed by atoms with Crippen LogP contribution in [-0.4, -0.2) is 18.4 Å². The molecule has 0 unspecified atom stereocenters. The summed E-state index contributed by atoms with van der Waals surface area (Å²) in [5.41, 5.74) is 2.94. The van der Waals surface area contributed by atoms with Crippen molar-refractivity contribution in [2.45, 2.75) is 11.8 Å². The average molecular weight is 450 g/mol. The number of aryl methyl sites for hydroxylation is 1. The standard InChI is InChI=1S/C19H13Cl2N3O2S2/c1-11-2-4-12(5-3-11)14-9-27-19-17(14)18(22-10-23-19)24-28(25,26)16-8-13(20)6-7-15(16)21/h2-10H,1H3,(H,22,23,24). The molecule has 28 heavy (non-hydrogen) atoms. The zero-order valence-corrected chi connectivity index (χ0v) is 17.6. The van der Waals surface area contributed by atoms with Crippen LogP contribution in [0, 0.1) is 6.92 Å². The summed E-state index contributed by atoms with van der Waals surface area (Å²) in [6.45, 7) is 2.01. The van der Waals surface area contributed by atoms with Crippen LogP contribution >= 0.6 is 34.5 Å². The maximum Gasteiger partial charge on any atom is 0.264 e. The lowest BCUT2D eigenvalue weighted by atomic mass is 10.0. The number of aromatic nitrogens is 2. The fourth-order valence-corrected chi connectivity index (χ4v) is 5.46. The van der Waals surface area contributed by atoms with Gasteiger partial charge in [-0.15, -0.1) is 11.3 Å². The maximum atomic E-state index is 12.9. The van der Waals surface area contributed by atoms with Gasteiger partial charge in [0.25, 0.3) is 10.0 Å². The van der Waals surface area contributed by atoms with Crippen LogP contribution in [0.3, 0.4) is 0 Å². The summed E-state index contributed by atoms with van der Waals surface area (Å²) < 4.78 is 28.4. The van der Waals surface area contributed by atoms with E-state index >= 15 is 0 Å². The monoisotopic (exact) mass is 449 g/mol. The molecule has 4 rings (SSSR count). The molecule has 2 heterocycles. The van der Waals surface area contributed by atoms with E-state index in [9.17, 15) is 8.42 Å². The van der Waals surface area contributed by atoms with Crippen molar-refractivity contribution in [3.05, 3.63) is 69.8 Å². The Hall–Kier alpha value is -2.19. The van der Waals surface area contributed by atoms with Gasteiger partial charge in [-0.05, 0) is 30.7 Å². The number of thiophene rings is 1. The number of hydrogen-bond acceptors (Lipinski definition) is 5. The van der Waals surface area contributed by atoms with Gasteiger partial charge in [0.2, 0.25) is 0 Å². The number of nitrogens with zero attached hydrogens (tertiary/aromatic N) is 2. The van der Waals surface area contributed by atoms with E-state index in [0.29, 0.717) is 10.2 Å². The van der Waals surface area contributed by atoms with Crippen molar-refractivity contribution >= 4 is 60.6 Å². The fraction of sp³-hybridized carbons (Fsp3) is 0.0526. The number of hydrogen-bond donors (Lipinski definition) is 1. The fourth-order valence-electron chi connectivity index (χ4n) is 2.76. The van der Waals surface area contributed by atoms with Crippen LogP contribution in [-0.2, 0) is 10.0 Å². The minimum absolute atomic E-state index is 0.0753. The predicted molar refractivity (Wildman–Crippen MR) is 115 cm³/mol. The van der Waals surface area contributed by atoms with Gasteiger partial charge in [-0.2, -0.15) is 0 Å². The van der Waals surface area contributed by atoms with Gasteiger partial charge in [-0.1, -0.05) is 53.0 Å². The van der Waals surface area contributed by atoms with Crippen LogP contribution in [0.4, 0.5) is 5.82 Å². The summed E-state index contributed by atoms with van der Waals surface area (Å²) in [7, 11) is -3.99. The van der Waals surface area contributed by atoms with Crippen LogP contribution in [0.5, 0.6) is 0 Å². The molecule has 0 aliphatic carbocycles. The van der Waals surface area contributed by atoms with Gasteiger partial charge in [-0.25, -0.2) is 18.4 Å². The zero-order valence-electron chi connectivity index (χ0n) is 14.5. The van der Waals surface area contributed by atoms with E-state index in [1.807, 2.05) is 36.6 Å². The van der Waals surface area contributed by atoms with E-state index in [-0.39, 0.29) is 20.8 Å². The molecule has 0 amide bonds. The van der Waals surface area contributed by atoms with E-state index < -0.39 is 10.0 Å². The Kier molecular flexibility index (Phi) is 5.01. The molecule has 0 radical (unpaired) electrons. The van der Waals surface area contributed by atoms with E-state index in [2.05, 4.69) is 14.7 Å². The van der Waals surface area contributed by atoms with Crippen LogP contribution < -0.4 is 4.72 Å². The minimum atomic E-state index is -3.99. The highest BCUT2D eigenvalue weighted by atomic mass is 35.5. The Morgan fingerprint density at radius 3 is 2.54 bits per heavy atom. The molecular formula is C19H13Cl2N3O2S2. The Morgan fingerprint density at radius 2 is 1.79 bits per heavy atom. The van der Waals surface area contributed by atoms with Gasteiger partial charge in [-0.3, -0.25) is 4.72 Å². The van der Waals surface area contributed by atoms with Gasteiger partial charge in [0.05, 0.1) is 10.4 Å². The molecule has 0 aliphatic rings. The number of halogens is 2. The number of rotatable bonds is 4. The molecule has 1 N–H and O–H groups in total. The lowest BCUT2D eigenvalue weighted by Crippen LogP contribution is -2.15. The van der Waals surface area contributed by atoms with Crippen molar-refractivity contribution in [2.75, 3.05) is 4.72 Å². The zero-order chi connectivity index (χ0) is 19.9. The van der Waals surface area contributed by atoms with Gasteiger partial charge in [0.1, 0.15) is 16.1 Å². The SMILES string of the molecule is Cc1ccc(-c2csc3ncnc(NS(=O)(=O)c4cc(Cl)ccc4Cl)c23)cc1. The van der Waals surface area contributed by atoms with Crippen LogP contribution in [0.25, 0.3) is 21.3 Å². The second kappa shape index (κ2) is 7.33. The third-order valence-corrected chi connectivity index (χ3v) is 7.09. The number of sulfonamides is 1. The molecule has 4 aromatic rings.